The van der Waals surface area contributed by atoms with Crippen LogP contribution in [0.1, 0.15) is 37.0 Å². The molecule has 0 atom stereocenters. The number of carbonyl (C=O) groups is 1. The van der Waals surface area contributed by atoms with Crippen molar-refractivity contribution in [3.05, 3.63) is 34.9 Å². The Morgan fingerprint density at radius 3 is 2.44 bits per heavy atom. The van der Waals surface area contributed by atoms with Gasteiger partial charge in [0.2, 0.25) is 0 Å². The van der Waals surface area contributed by atoms with E-state index in [4.69, 9.17) is 11.6 Å². The van der Waals surface area contributed by atoms with Crippen molar-refractivity contribution in [1.29, 1.82) is 0 Å². The average Bonchev–Trinajstić information content (AvgIpc) is 2.41. The van der Waals surface area contributed by atoms with Crippen LogP contribution in [0.3, 0.4) is 0 Å². The van der Waals surface area contributed by atoms with Crippen LogP contribution in [0.25, 0.3) is 0 Å². The van der Waals surface area contributed by atoms with Crippen molar-refractivity contribution in [2.75, 3.05) is 11.9 Å². The second-order valence-electron chi connectivity index (χ2n) is 4.50. The summed E-state index contributed by atoms with van der Waals surface area (Å²) >= 11 is 9.54. The molecule has 0 aliphatic rings. The van der Waals surface area contributed by atoms with Crippen molar-refractivity contribution in [2.45, 2.75) is 26.7 Å². The largest absolute Gasteiger partial charge is 0.351 e. The molecule has 0 fully saturated rings. The molecule has 0 saturated carbocycles. The van der Waals surface area contributed by atoms with Crippen LogP contribution >= 0.6 is 27.5 Å². The average molecular weight is 333 g/mol. The minimum absolute atomic E-state index is 0.104. The first-order chi connectivity index (χ1) is 8.58. The van der Waals surface area contributed by atoms with Crippen LogP contribution in [0.5, 0.6) is 0 Å². The molecule has 1 aromatic rings. The number of halogens is 2. The van der Waals surface area contributed by atoms with Gasteiger partial charge < -0.3 is 5.32 Å². The molecule has 2 nitrogen and oxygen atoms in total. The molecular weight excluding hydrogens is 314 g/mol. The van der Waals surface area contributed by atoms with Crippen LogP contribution < -0.4 is 5.32 Å². The number of hydrogen-bond donors (Lipinski definition) is 1. The zero-order chi connectivity index (χ0) is 13.6. The Bertz CT molecular complexity index is 396. The molecular formula is C14H19BrClNO. The lowest BCUT2D eigenvalue weighted by atomic mass is 9.84. The Balaban J connectivity index is 2.69. The van der Waals surface area contributed by atoms with Gasteiger partial charge >= 0.3 is 0 Å². The maximum absolute atomic E-state index is 12.0. The third-order valence-electron chi connectivity index (χ3n) is 3.53. The van der Waals surface area contributed by atoms with E-state index in [0.29, 0.717) is 17.1 Å². The number of carbonyl (C=O) groups excluding carboxylic acids is 1. The van der Waals surface area contributed by atoms with Gasteiger partial charge in [0.15, 0.2) is 0 Å². The van der Waals surface area contributed by atoms with Crippen LogP contribution in [-0.2, 0) is 0 Å². The van der Waals surface area contributed by atoms with Crippen molar-refractivity contribution in [2.24, 2.45) is 5.41 Å². The summed E-state index contributed by atoms with van der Waals surface area (Å²) in [5, 5.41) is 4.36. The minimum Gasteiger partial charge on any atom is -0.351 e. The third-order valence-corrected chi connectivity index (χ3v) is 5.04. The lowest BCUT2D eigenvalue weighted by Crippen LogP contribution is -2.38. The van der Waals surface area contributed by atoms with Gasteiger partial charge in [-0.05, 0) is 30.4 Å². The smallest absolute Gasteiger partial charge is 0.252 e. The summed E-state index contributed by atoms with van der Waals surface area (Å²) in [6, 6.07) is 7.11. The molecule has 0 unspecified atom stereocenters. The molecule has 0 saturated heterocycles. The molecule has 0 aliphatic heterocycles. The summed E-state index contributed by atoms with van der Waals surface area (Å²) in [5.41, 5.74) is 0.659. The Kier molecular flexibility index (Phi) is 6.16. The van der Waals surface area contributed by atoms with Crippen LogP contribution in [0.2, 0.25) is 5.02 Å². The van der Waals surface area contributed by atoms with Crippen molar-refractivity contribution in [3.63, 3.8) is 0 Å². The number of hydrogen-bond acceptors (Lipinski definition) is 1. The molecule has 18 heavy (non-hydrogen) atoms. The molecule has 0 heterocycles. The second kappa shape index (κ2) is 7.15. The van der Waals surface area contributed by atoms with Gasteiger partial charge in [0.1, 0.15) is 0 Å². The van der Waals surface area contributed by atoms with E-state index < -0.39 is 0 Å². The van der Waals surface area contributed by atoms with Crippen molar-refractivity contribution >= 4 is 33.4 Å². The van der Waals surface area contributed by atoms with E-state index >= 15 is 0 Å². The Hall–Kier alpha value is -0.540. The summed E-state index contributed by atoms with van der Waals surface area (Å²) in [7, 11) is 0. The fourth-order valence-corrected chi connectivity index (χ4v) is 2.96. The Morgan fingerprint density at radius 2 is 1.94 bits per heavy atom. The van der Waals surface area contributed by atoms with Crippen molar-refractivity contribution < 1.29 is 4.79 Å². The Labute approximate surface area is 122 Å². The molecule has 1 rings (SSSR count). The molecule has 0 spiro atoms. The molecule has 100 valence electrons. The van der Waals surface area contributed by atoms with Crippen molar-refractivity contribution in [1.82, 2.24) is 5.32 Å². The first-order valence-corrected chi connectivity index (χ1v) is 7.67. The summed E-state index contributed by atoms with van der Waals surface area (Å²) in [6.45, 7) is 4.95. The highest BCUT2D eigenvalue weighted by molar-refractivity contribution is 9.09. The summed E-state index contributed by atoms with van der Waals surface area (Å²) < 4.78 is 0. The minimum atomic E-state index is -0.104. The highest BCUT2D eigenvalue weighted by Crippen LogP contribution is 2.28. The van der Waals surface area contributed by atoms with Gasteiger partial charge in [0.05, 0.1) is 10.6 Å². The predicted octanol–water partition coefficient (Wildman–Crippen LogP) is 4.27. The quantitative estimate of drug-likeness (QED) is 0.774. The molecule has 1 aromatic carbocycles. The van der Waals surface area contributed by atoms with Gasteiger partial charge in [-0.25, -0.2) is 0 Å². The zero-order valence-corrected chi connectivity index (χ0v) is 13.1. The highest BCUT2D eigenvalue weighted by atomic mass is 79.9. The van der Waals surface area contributed by atoms with E-state index in [9.17, 15) is 4.79 Å². The van der Waals surface area contributed by atoms with E-state index in [1.807, 2.05) is 12.1 Å². The number of alkyl halides is 1. The fraction of sp³-hybridized carbons (Fsp3) is 0.500. The fourth-order valence-electron chi connectivity index (χ4n) is 1.74. The standard InChI is InChI=1S/C14H19BrClNO/c1-3-14(4-2,9-15)10-17-13(18)11-7-5-6-8-12(11)16/h5-8H,3-4,9-10H2,1-2H3,(H,17,18). The van der Waals surface area contributed by atoms with Crippen LogP contribution in [0.4, 0.5) is 0 Å². The highest BCUT2D eigenvalue weighted by Gasteiger charge is 2.25. The van der Waals surface area contributed by atoms with Crippen molar-refractivity contribution in [3.8, 4) is 0 Å². The molecule has 0 radical (unpaired) electrons. The topological polar surface area (TPSA) is 29.1 Å². The van der Waals surface area contributed by atoms with Crippen LogP contribution in [-0.4, -0.2) is 17.8 Å². The van der Waals surface area contributed by atoms with Gasteiger partial charge in [-0.15, -0.1) is 0 Å². The maximum Gasteiger partial charge on any atom is 0.252 e. The first kappa shape index (κ1) is 15.5. The van der Waals surface area contributed by atoms with E-state index in [1.54, 1.807) is 12.1 Å². The second-order valence-corrected chi connectivity index (χ2v) is 5.47. The molecule has 4 heteroatoms. The summed E-state index contributed by atoms with van der Waals surface area (Å²) in [4.78, 5) is 12.0. The van der Waals surface area contributed by atoms with Gasteiger partial charge in [-0.1, -0.05) is 53.5 Å². The van der Waals surface area contributed by atoms with Gasteiger partial charge in [-0.3, -0.25) is 4.79 Å². The SMILES string of the molecule is CCC(CC)(CBr)CNC(=O)c1ccccc1Cl. The Morgan fingerprint density at radius 1 is 1.33 bits per heavy atom. The molecule has 1 N–H and O–H groups in total. The van der Waals surface area contributed by atoms with E-state index in [2.05, 4.69) is 35.1 Å². The number of nitrogens with one attached hydrogen (secondary N) is 1. The number of rotatable bonds is 6. The molecule has 0 aromatic heterocycles. The summed E-state index contributed by atoms with van der Waals surface area (Å²) in [6.07, 6.45) is 2.05. The van der Waals surface area contributed by atoms with Crippen LogP contribution in [0, 0.1) is 5.41 Å². The van der Waals surface area contributed by atoms with E-state index in [0.717, 1.165) is 18.2 Å². The molecule has 1 amide bonds. The zero-order valence-electron chi connectivity index (χ0n) is 10.8. The lowest BCUT2D eigenvalue weighted by molar-refractivity contribution is 0.0932. The van der Waals surface area contributed by atoms with Gasteiger partial charge in [-0.2, -0.15) is 0 Å². The summed E-state index contributed by atoms with van der Waals surface area (Å²) in [5.74, 6) is -0.104. The number of benzene rings is 1. The van der Waals surface area contributed by atoms with Gasteiger partial charge in [0, 0.05) is 11.9 Å². The lowest BCUT2D eigenvalue weighted by Gasteiger charge is -2.29. The van der Waals surface area contributed by atoms with Gasteiger partial charge in [0.25, 0.3) is 5.91 Å². The van der Waals surface area contributed by atoms with E-state index in [-0.39, 0.29) is 11.3 Å². The predicted molar refractivity (Wildman–Crippen MR) is 80.6 cm³/mol. The number of amides is 1. The third kappa shape index (κ3) is 3.72. The normalized spacial score (nSPS) is 11.3. The van der Waals surface area contributed by atoms with E-state index in [1.165, 1.54) is 0 Å². The first-order valence-electron chi connectivity index (χ1n) is 6.17. The monoisotopic (exact) mass is 331 g/mol. The van der Waals surface area contributed by atoms with Crippen LogP contribution in [0.15, 0.2) is 24.3 Å². The molecule has 0 bridgehead atoms. The molecule has 0 aliphatic carbocycles. The maximum atomic E-state index is 12.0.